The van der Waals surface area contributed by atoms with Gasteiger partial charge in [-0.05, 0) is 12.8 Å². The summed E-state index contributed by atoms with van der Waals surface area (Å²) in [6, 6.07) is 0. The lowest BCUT2D eigenvalue weighted by Gasteiger charge is -2.38. The molecule has 274 valence electrons. The van der Waals surface area contributed by atoms with Crippen molar-refractivity contribution in [3.63, 3.8) is 0 Å². The van der Waals surface area contributed by atoms with E-state index in [4.69, 9.17) is 9.47 Å². The summed E-state index contributed by atoms with van der Waals surface area (Å²) in [4.78, 5) is 13.1. The fourth-order valence-corrected chi connectivity index (χ4v) is 6.58. The highest BCUT2D eigenvalue weighted by Crippen LogP contribution is 2.24. The first-order valence-corrected chi connectivity index (χ1v) is 19.6. The molecule has 1 unspecified atom stereocenters. The second-order valence-corrected chi connectivity index (χ2v) is 14.0. The van der Waals surface area contributed by atoms with E-state index in [1.165, 1.54) is 122 Å². The average Bonchev–Trinajstić information content (AvgIpc) is 3.05. The van der Waals surface area contributed by atoms with E-state index < -0.39 is 48.7 Å². The summed E-state index contributed by atoms with van der Waals surface area (Å²) in [5.74, 6) is -1.21. The zero-order valence-corrected chi connectivity index (χ0v) is 29.8. The molecule has 1 fully saturated rings. The van der Waals surface area contributed by atoms with Gasteiger partial charge < -0.3 is 35.0 Å². The van der Waals surface area contributed by atoms with Crippen LogP contribution in [0, 0.1) is 5.92 Å². The molecule has 5 N–H and O–H groups in total. The summed E-state index contributed by atoms with van der Waals surface area (Å²) in [5, 5.41) is 50.7. The van der Waals surface area contributed by atoms with E-state index in [2.05, 4.69) is 13.8 Å². The maximum absolute atomic E-state index is 13.1. The third kappa shape index (κ3) is 20.6. The molecule has 1 rings (SSSR count). The Balaban J connectivity index is 2.38. The quantitative estimate of drug-likeness (QED) is 0.0375. The minimum absolute atomic E-state index is 0.374. The summed E-state index contributed by atoms with van der Waals surface area (Å²) in [6.45, 7) is 4.12. The summed E-state index contributed by atoms with van der Waals surface area (Å²) in [6.07, 6.45) is 23.6. The van der Waals surface area contributed by atoms with Gasteiger partial charge in [-0.25, -0.2) is 0 Å². The van der Waals surface area contributed by atoms with Crippen molar-refractivity contribution >= 4 is 5.97 Å². The van der Waals surface area contributed by atoms with Crippen LogP contribution in [0.3, 0.4) is 0 Å². The van der Waals surface area contributed by atoms with Gasteiger partial charge in [0.2, 0.25) is 0 Å². The summed E-state index contributed by atoms with van der Waals surface area (Å²) < 4.78 is 10.6. The van der Waals surface area contributed by atoms with Crippen molar-refractivity contribution in [1.29, 1.82) is 0 Å². The Hall–Kier alpha value is -0.770. The van der Waals surface area contributed by atoms with Crippen molar-refractivity contribution < 1.29 is 39.8 Å². The van der Waals surface area contributed by atoms with Gasteiger partial charge in [0.25, 0.3) is 0 Å². The molecule has 7 atom stereocenters. The highest BCUT2D eigenvalue weighted by Gasteiger charge is 2.43. The van der Waals surface area contributed by atoms with E-state index >= 15 is 0 Å². The molecule has 0 aromatic rings. The van der Waals surface area contributed by atoms with Gasteiger partial charge in [0.1, 0.15) is 31.0 Å². The minimum Gasteiger partial charge on any atom is -0.463 e. The Morgan fingerprint density at radius 2 is 0.913 bits per heavy atom. The normalized spacial score (nSPS) is 23.0. The fourth-order valence-electron chi connectivity index (χ4n) is 6.58. The molecule has 46 heavy (non-hydrogen) atoms. The largest absolute Gasteiger partial charge is 0.463 e. The highest BCUT2D eigenvalue weighted by molar-refractivity contribution is 5.73. The number of aliphatic hydroxyl groups excluding tert-OH is 5. The Morgan fingerprint density at radius 3 is 1.33 bits per heavy atom. The standard InChI is InChI=1S/C38H74O8/c1-3-5-7-9-11-13-15-17-19-21-23-25-27-29-32(39)31(28-26-24-22-20-18-16-14-12-10-8-6-4-2)37(43)45-30-33-34(40)35(41)36(42)38(44)46-33/h31-36,38-42,44H,3-30H2,1-2H3/t31-,32-,33-,34-,35+,36-,38?/m1/s1. The molecule has 0 amide bonds. The van der Waals surface area contributed by atoms with Gasteiger partial charge in [0.15, 0.2) is 6.29 Å². The number of hydrogen-bond acceptors (Lipinski definition) is 8. The minimum atomic E-state index is -1.68. The lowest BCUT2D eigenvalue weighted by molar-refractivity contribution is -0.287. The van der Waals surface area contributed by atoms with Crippen molar-refractivity contribution in [2.24, 2.45) is 5.92 Å². The molecular formula is C38H74O8. The molecule has 0 saturated carbocycles. The Labute approximate surface area is 282 Å². The Bertz CT molecular complexity index is 692. The maximum atomic E-state index is 13.1. The zero-order chi connectivity index (χ0) is 33.8. The first-order chi connectivity index (χ1) is 22.3. The molecule has 0 radical (unpaired) electrons. The molecule has 0 aliphatic carbocycles. The summed E-state index contributed by atoms with van der Waals surface area (Å²) in [5.41, 5.74) is 0. The number of esters is 1. The number of ether oxygens (including phenoxy) is 2. The molecule has 8 heteroatoms. The van der Waals surface area contributed by atoms with Crippen LogP contribution in [0.25, 0.3) is 0 Å². The van der Waals surface area contributed by atoms with Gasteiger partial charge in [-0.15, -0.1) is 0 Å². The van der Waals surface area contributed by atoms with Gasteiger partial charge in [-0.3, -0.25) is 4.79 Å². The van der Waals surface area contributed by atoms with Crippen LogP contribution in [0.1, 0.15) is 187 Å². The van der Waals surface area contributed by atoms with Crippen LogP contribution in [0.5, 0.6) is 0 Å². The predicted octanol–water partition coefficient (Wildman–Crippen LogP) is 7.88. The van der Waals surface area contributed by atoms with Crippen molar-refractivity contribution in [3.8, 4) is 0 Å². The average molecular weight is 659 g/mol. The molecule has 1 aliphatic rings. The number of carbonyl (C=O) groups is 1. The van der Waals surface area contributed by atoms with Crippen molar-refractivity contribution in [2.75, 3.05) is 6.61 Å². The monoisotopic (exact) mass is 659 g/mol. The second kappa shape index (κ2) is 29.2. The molecule has 0 spiro atoms. The van der Waals surface area contributed by atoms with E-state index in [1.807, 2.05) is 0 Å². The van der Waals surface area contributed by atoms with Gasteiger partial charge in [0.05, 0.1) is 12.0 Å². The van der Waals surface area contributed by atoms with Crippen molar-refractivity contribution in [3.05, 3.63) is 0 Å². The van der Waals surface area contributed by atoms with E-state index in [-0.39, 0.29) is 6.61 Å². The number of carbonyl (C=O) groups excluding carboxylic acids is 1. The van der Waals surface area contributed by atoms with Crippen LogP contribution in [0.2, 0.25) is 0 Å². The number of aliphatic hydroxyl groups is 5. The maximum Gasteiger partial charge on any atom is 0.311 e. The summed E-state index contributed by atoms with van der Waals surface area (Å²) >= 11 is 0. The molecular weight excluding hydrogens is 584 g/mol. The lowest BCUT2D eigenvalue weighted by Crippen LogP contribution is -2.58. The number of hydrogen-bond donors (Lipinski definition) is 5. The van der Waals surface area contributed by atoms with Gasteiger partial charge in [0, 0.05) is 0 Å². The number of unbranched alkanes of at least 4 members (excludes halogenated alkanes) is 23. The number of rotatable bonds is 31. The van der Waals surface area contributed by atoms with Gasteiger partial charge >= 0.3 is 5.97 Å². The first-order valence-electron chi connectivity index (χ1n) is 19.6. The first kappa shape index (κ1) is 43.3. The van der Waals surface area contributed by atoms with Crippen LogP contribution in [-0.2, 0) is 14.3 Å². The van der Waals surface area contributed by atoms with E-state index in [0.29, 0.717) is 12.8 Å². The molecule has 1 saturated heterocycles. The van der Waals surface area contributed by atoms with Crippen molar-refractivity contribution in [2.45, 2.75) is 224 Å². The fraction of sp³-hybridized carbons (Fsp3) is 0.974. The smallest absolute Gasteiger partial charge is 0.311 e. The Morgan fingerprint density at radius 1 is 0.543 bits per heavy atom. The van der Waals surface area contributed by atoms with Crippen LogP contribution in [-0.4, -0.2) is 74.9 Å². The Kier molecular flexibility index (Phi) is 27.4. The predicted molar refractivity (Wildman–Crippen MR) is 185 cm³/mol. The van der Waals surface area contributed by atoms with Crippen molar-refractivity contribution in [1.82, 2.24) is 0 Å². The van der Waals surface area contributed by atoms with Crippen LogP contribution < -0.4 is 0 Å². The third-order valence-corrected chi connectivity index (χ3v) is 9.82. The molecule has 1 aliphatic heterocycles. The van der Waals surface area contributed by atoms with Crippen LogP contribution >= 0.6 is 0 Å². The summed E-state index contributed by atoms with van der Waals surface area (Å²) in [7, 11) is 0. The van der Waals surface area contributed by atoms with E-state index in [9.17, 15) is 30.3 Å². The van der Waals surface area contributed by atoms with Gasteiger partial charge in [-0.2, -0.15) is 0 Å². The topological polar surface area (TPSA) is 137 Å². The van der Waals surface area contributed by atoms with Crippen LogP contribution in [0.4, 0.5) is 0 Å². The van der Waals surface area contributed by atoms with E-state index in [1.54, 1.807) is 0 Å². The zero-order valence-electron chi connectivity index (χ0n) is 29.8. The van der Waals surface area contributed by atoms with Crippen LogP contribution in [0.15, 0.2) is 0 Å². The molecule has 8 nitrogen and oxygen atoms in total. The second-order valence-electron chi connectivity index (χ2n) is 14.0. The SMILES string of the molecule is CCCCCCCCCCCCCCC[C@@H](O)[C@@H](CCCCCCCCCCCCCC)C(=O)OC[C@H]1OC(O)[C@H](O)[C@@H](O)[C@@H]1O. The van der Waals surface area contributed by atoms with E-state index in [0.717, 1.165) is 38.5 Å². The molecule has 0 bridgehead atoms. The third-order valence-electron chi connectivity index (χ3n) is 9.82. The van der Waals surface area contributed by atoms with Gasteiger partial charge in [-0.1, -0.05) is 174 Å². The molecule has 0 aromatic carbocycles. The highest BCUT2D eigenvalue weighted by atomic mass is 16.6. The molecule has 1 heterocycles. The molecule has 0 aromatic heterocycles. The lowest BCUT2D eigenvalue weighted by atomic mass is 9.91.